The van der Waals surface area contributed by atoms with Crippen molar-refractivity contribution in [3.05, 3.63) is 35.4 Å². The van der Waals surface area contributed by atoms with Crippen molar-refractivity contribution in [1.82, 2.24) is 10.6 Å². The third-order valence-electron chi connectivity index (χ3n) is 3.36. The van der Waals surface area contributed by atoms with E-state index in [2.05, 4.69) is 48.7 Å². The van der Waals surface area contributed by atoms with Crippen molar-refractivity contribution >= 4 is 0 Å². The summed E-state index contributed by atoms with van der Waals surface area (Å²) in [4.78, 5) is 0. The molecule has 0 unspecified atom stereocenters. The molecule has 1 aliphatic carbocycles. The average molecular weight is 218 g/mol. The van der Waals surface area contributed by atoms with Gasteiger partial charge < -0.3 is 10.6 Å². The van der Waals surface area contributed by atoms with Crippen LogP contribution in [0.1, 0.15) is 37.4 Å². The molecule has 1 aromatic rings. The fourth-order valence-corrected chi connectivity index (χ4v) is 2.70. The molecular formula is C14H22N2. The Morgan fingerprint density at radius 3 is 2.62 bits per heavy atom. The van der Waals surface area contributed by atoms with Gasteiger partial charge in [-0.25, -0.2) is 0 Å². The molecule has 0 saturated carbocycles. The minimum Gasteiger partial charge on any atom is -0.314 e. The SMILES string of the molecule is CCN[C@@H]1Cc2ccccc2[C@H](NCC)C1. The molecule has 88 valence electrons. The largest absolute Gasteiger partial charge is 0.314 e. The summed E-state index contributed by atoms with van der Waals surface area (Å²) in [5.74, 6) is 0. The molecule has 0 radical (unpaired) electrons. The number of hydrogen-bond donors (Lipinski definition) is 2. The summed E-state index contributed by atoms with van der Waals surface area (Å²) in [7, 11) is 0. The van der Waals surface area contributed by atoms with E-state index in [4.69, 9.17) is 0 Å². The third-order valence-corrected chi connectivity index (χ3v) is 3.36. The highest BCUT2D eigenvalue weighted by Gasteiger charge is 2.25. The summed E-state index contributed by atoms with van der Waals surface area (Å²) in [6, 6.07) is 9.99. The molecule has 16 heavy (non-hydrogen) atoms. The number of likely N-dealkylation sites (N-methyl/N-ethyl adjacent to an activating group) is 1. The summed E-state index contributed by atoms with van der Waals surface area (Å²) in [6.07, 6.45) is 2.38. The minimum atomic E-state index is 0.527. The maximum atomic E-state index is 3.59. The van der Waals surface area contributed by atoms with Crippen LogP contribution in [0.4, 0.5) is 0 Å². The van der Waals surface area contributed by atoms with Gasteiger partial charge in [-0.3, -0.25) is 0 Å². The molecule has 0 aliphatic heterocycles. The molecule has 0 saturated heterocycles. The van der Waals surface area contributed by atoms with Crippen LogP contribution < -0.4 is 10.6 Å². The summed E-state index contributed by atoms with van der Waals surface area (Å²) in [5.41, 5.74) is 3.00. The van der Waals surface area contributed by atoms with Crippen molar-refractivity contribution < 1.29 is 0 Å². The lowest BCUT2D eigenvalue weighted by Crippen LogP contribution is -2.39. The molecule has 2 nitrogen and oxygen atoms in total. The molecule has 2 heteroatoms. The normalized spacial score (nSPS) is 24.1. The van der Waals surface area contributed by atoms with Crippen LogP contribution in [0.25, 0.3) is 0 Å². The number of rotatable bonds is 4. The standard InChI is InChI=1S/C14H22N2/c1-3-15-12-9-11-7-5-6-8-13(11)14(10-12)16-4-2/h5-8,12,14-16H,3-4,9-10H2,1-2H3/t12-,14-/m1/s1. The Labute approximate surface area is 98.4 Å². The molecule has 2 atom stereocenters. The van der Waals surface area contributed by atoms with Crippen LogP contribution in [0.2, 0.25) is 0 Å². The zero-order valence-electron chi connectivity index (χ0n) is 10.3. The Morgan fingerprint density at radius 1 is 1.12 bits per heavy atom. The van der Waals surface area contributed by atoms with E-state index in [1.807, 2.05) is 0 Å². The molecule has 0 fully saturated rings. The summed E-state index contributed by atoms with van der Waals surface area (Å²) in [6.45, 7) is 6.46. The van der Waals surface area contributed by atoms with Crippen LogP contribution in [0.5, 0.6) is 0 Å². The van der Waals surface area contributed by atoms with E-state index in [0.29, 0.717) is 12.1 Å². The van der Waals surface area contributed by atoms with Gasteiger partial charge in [0.05, 0.1) is 0 Å². The Kier molecular flexibility index (Phi) is 3.97. The molecule has 1 aromatic carbocycles. The summed E-state index contributed by atoms with van der Waals surface area (Å²) < 4.78 is 0. The van der Waals surface area contributed by atoms with Crippen molar-refractivity contribution in [3.8, 4) is 0 Å². The van der Waals surface area contributed by atoms with Gasteiger partial charge >= 0.3 is 0 Å². The van der Waals surface area contributed by atoms with Crippen LogP contribution in [0, 0.1) is 0 Å². The number of hydrogen-bond acceptors (Lipinski definition) is 2. The van der Waals surface area contributed by atoms with E-state index in [9.17, 15) is 0 Å². The summed E-state index contributed by atoms with van der Waals surface area (Å²) in [5, 5.41) is 7.16. The monoisotopic (exact) mass is 218 g/mol. The Bertz CT molecular complexity index is 335. The highest BCUT2D eigenvalue weighted by Crippen LogP contribution is 2.29. The van der Waals surface area contributed by atoms with Crippen molar-refractivity contribution in [2.24, 2.45) is 0 Å². The zero-order valence-corrected chi connectivity index (χ0v) is 10.3. The lowest BCUT2D eigenvalue weighted by molar-refractivity contribution is 0.382. The minimum absolute atomic E-state index is 0.527. The molecule has 0 bridgehead atoms. The van der Waals surface area contributed by atoms with Gasteiger partial charge in [0.25, 0.3) is 0 Å². The molecule has 2 rings (SSSR count). The Hall–Kier alpha value is -0.860. The van der Waals surface area contributed by atoms with Crippen molar-refractivity contribution in [2.45, 2.75) is 38.8 Å². The first-order chi connectivity index (χ1) is 7.85. The second kappa shape index (κ2) is 5.46. The lowest BCUT2D eigenvalue weighted by Gasteiger charge is -2.32. The molecule has 1 aliphatic rings. The molecule has 0 heterocycles. The fraction of sp³-hybridized carbons (Fsp3) is 0.571. The fourth-order valence-electron chi connectivity index (χ4n) is 2.70. The first kappa shape index (κ1) is 11.6. The van der Waals surface area contributed by atoms with Gasteiger partial charge in [0.1, 0.15) is 0 Å². The highest BCUT2D eigenvalue weighted by atomic mass is 15.0. The lowest BCUT2D eigenvalue weighted by atomic mass is 9.84. The van der Waals surface area contributed by atoms with E-state index in [-0.39, 0.29) is 0 Å². The van der Waals surface area contributed by atoms with Gasteiger partial charge in [-0.05, 0) is 37.1 Å². The molecular weight excluding hydrogens is 196 g/mol. The van der Waals surface area contributed by atoms with Crippen LogP contribution >= 0.6 is 0 Å². The zero-order chi connectivity index (χ0) is 11.4. The van der Waals surface area contributed by atoms with Crippen LogP contribution in [0.15, 0.2) is 24.3 Å². The van der Waals surface area contributed by atoms with E-state index >= 15 is 0 Å². The second-order valence-corrected chi connectivity index (χ2v) is 4.50. The van der Waals surface area contributed by atoms with Crippen LogP contribution in [-0.2, 0) is 6.42 Å². The predicted octanol–water partition coefficient (Wildman–Crippen LogP) is 2.26. The first-order valence-corrected chi connectivity index (χ1v) is 6.39. The van der Waals surface area contributed by atoms with Gasteiger partial charge in [0.15, 0.2) is 0 Å². The molecule has 0 aromatic heterocycles. The molecule has 0 amide bonds. The van der Waals surface area contributed by atoms with Gasteiger partial charge in [-0.2, -0.15) is 0 Å². The molecule has 2 N–H and O–H groups in total. The van der Waals surface area contributed by atoms with E-state index in [1.54, 1.807) is 0 Å². The Morgan fingerprint density at radius 2 is 1.88 bits per heavy atom. The first-order valence-electron chi connectivity index (χ1n) is 6.39. The van der Waals surface area contributed by atoms with Crippen molar-refractivity contribution in [3.63, 3.8) is 0 Å². The van der Waals surface area contributed by atoms with E-state index in [0.717, 1.165) is 13.1 Å². The number of benzene rings is 1. The van der Waals surface area contributed by atoms with E-state index < -0.39 is 0 Å². The van der Waals surface area contributed by atoms with Crippen LogP contribution in [0.3, 0.4) is 0 Å². The third kappa shape index (κ3) is 2.45. The van der Waals surface area contributed by atoms with Gasteiger partial charge in [-0.1, -0.05) is 38.1 Å². The summed E-state index contributed by atoms with van der Waals surface area (Å²) >= 11 is 0. The predicted molar refractivity (Wildman–Crippen MR) is 68.6 cm³/mol. The van der Waals surface area contributed by atoms with Crippen LogP contribution in [-0.4, -0.2) is 19.1 Å². The average Bonchev–Trinajstić information content (AvgIpc) is 2.30. The van der Waals surface area contributed by atoms with Gasteiger partial charge in [-0.15, -0.1) is 0 Å². The van der Waals surface area contributed by atoms with Gasteiger partial charge in [0, 0.05) is 12.1 Å². The number of nitrogens with one attached hydrogen (secondary N) is 2. The van der Waals surface area contributed by atoms with Crippen molar-refractivity contribution in [1.29, 1.82) is 0 Å². The highest BCUT2D eigenvalue weighted by molar-refractivity contribution is 5.33. The number of fused-ring (bicyclic) bond motifs is 1. The maximum absolute atomic E-state index is 3.59. The molecule has 0 spiro atoms. The van der Waals surface area contributed by atoms with Crippen molar-refractivity contribution in [2.75, 3.05) is 13.1 Å². The quantitative estimate of drug-likeness (QED) is 0.810. The maximum Gasteiger partial charge on any atom is 0.0337 e. The van der Waals surface area contributed by atoms with Gasteiger partial charge in [0.2, 0.25) is 0 Å². The smallest absolute Gasteiger partial charge is 0.0337 e. The topological polar surface area (TPSA) is 24.1 Å². The van der Waals surface area contributed by atoms with E-state index in [1.165, 1.54) is 24.0 Å². The second-order valence-electron chi connectivity index (χ2n) is 4.50. The Balaban J connectivity index is 2.19.